The number of piperazine rings is 1. The van der Waals surface area contributed by atoms with Gasteiger partial charge in [0.2, 0.25) is 0 Å². The number of anilines is 1. The van der Waals surface area contributed by atoms with E-state index in [0.29, 0.717) is 35.3 Å². The van der Waals surface area contributed by atoms with Crippen molar-refractivity contribution in [1.29, 1.82) is 0 Å². The van der Waals surface area contributed by atoms with E-state index in [1.165, 1.54) is 6.07 Å². The summed E-state index contributed by atoms with van der Waals surface area (Å²) in [5.41, 5.74) is 5.26. The van der Waals surface area contributed by atoms with Crippen LogP contribution in [0.5, 0.6) is 11.5 Å². The van der Waals surface area contributed by atoms with Crippen molar-refractivity contribution >= 4 is 28.7 Å². The summed E-state index contributed by atoms with van der Waals surface area (Å²) in [6.07, 6.45) is 1.74. The number of pyridine rings is 1. The molecule has 1 aromatic heterocycles. The molecule has 2 N–H and O–H groups in total. The van der Waals surface area contributed by atoms with Crippen LogP contribution in [0, 0.1) is 5.82 Å². The van der Waals surface area contributed by atoms with Gasteiger partial charge in [0.15, 0.2) is 5.11 Å². The van der Waals surface area contributed by atoms with Crippen LogP contribution < -0.4 is 15.1 Å². The Hall–Kier alpha value is -2.94. The Morgan fingerprint density at radius 2 is 1.96 bits per heavy atom. The Bertz CT molecular complexity index is 898. The van der Waals surface area contributed by atoms with E-state index in [4.69, 9.17) is 17.0 Å². The van der Waals surface area contributed by atoms with Gasteiger partial charge in [-0.15, -0.1) is 0 Å². The highest BCUT2D eigenvalue weighted by Crippen LogP contribution is 2.23. The highest BCUT2D eigenvalue weighted by molar-refractivity contribution is 7.80. The number of phenolic OH excluding ortho intramolecular Hbond substituents is 1. The summed E-state index contributed by atoms with van der Waals surface area (Å²) in [5.74, 6) is 0.231. The quantitative estimate of drug-likeness (QED) is 0.590. The molecule has 2 aromatic rings. The number of benzene rings is 1. The highest BCUT2D eigenvalue weighted by atomic mass is 32.1. The zero-order valence-corrected chi connectivity index (χ0v) is 16.0. The summed E-state index contributed by atoms with van der Waals surface area (Å²) in [5, 5.41) is 14.4. The molecule has 7 nitrogen and oxygen atoms in total. The van der Waals surface area contributed by atoms with Crippen LogP contribution in [0.25, 0.3) is 0 Å². The van der Waals surface area contributed by atoms with Crippen LogP contribution >= 0.6 is 12.2 Å². The largest absolute Gasteiger partial charge is 0.508 e. The highest BCUT2D eigenvalue weighted by Gasteiger charge is 2.21. The monoisotopic (exact) mass is 401 g/mol. The van der Waals surface area contributed by atoms with Gasteiger partial charge in [0.25, 0.3) is 0 Å². The number of nitrogens with one attached hydrogen (secondary N) is 1. The number of hydrogen-bond acceptors (Lipinski definition) is 6. The standard InChI is InChI=1S/C19H20FN5O2S/c20-13-11-17-18(21-12-13)16(5-10-27-17)22-23-19(28)25-8-6-24(7-9-25)14-1-3-15(26)4-2-14/h1-4,11-12,26H,5-10H2,(H,23,28)/b22-16-. The lowest BCUT2D eigenvalue weighted by molar-refractivity contribution is 0.316. The van der Waals surface area contributed by atoms with E-state index in [9.17, 15) is 9.50 Å². The SMILES string of the molecule is Oc1ccc(N2CCN(C(=S)N/N=C3/CCOc4cc(F)cnc43)CC2)cc1. The van der Waals surface area contributed by atoms with E-state index < -0.39 is 5.82 Å². The van der Waals surface area contributed by atoms with Crippen LogP contribution in [-0.4, -0.2) is 58.6 Å². The third-order valence-corrected chi connectivity index (χ3v) is 5.11. The number of nitrogens with zero attached hydrogens (tertiary/aromatic N) is 4. The molecule has 1 saturated heterocycles. The maximum Gasteiger partial charge on any atom is 0.189 e. The van der Waals surface area contributed by atoms with Crippen LogP contribution in [0.2, 0.25) is 0 Å². The van der Waals surface area contributed by atoms with Gasteiger partial charge in [-0.25, -0.2) is 9.37 Å². The first-order chi connectivity index (χ1) is 13.6. The molecule has 2 aliphatic rings. The summed E-state index contributed by atoms with van der Waals surface area (Å²) in [6, 6.07) is 8.51. The number of phenols is 1. The normalized spacial score (nSPS) is 17.8. The second-order valence-electron chi connectivity index (χ2n) is 6.56. The van der Waals surface area contributed by atoms with Gasteiger partial charge in [-0.3, -0.25) is 5.43 Å². The van der Waals surface area contributed by atoms with Gasteiger partial charge >= 0.3 is 0 Å². The number of hydrazone groups is 1. The summed E-state index contributed by atoms with van der Waals surface area (Å²) in [6.45, 7) is 3.60. The molecule has 9 heteroatoms. The van der Waals surface area contributed by atoms with Crippen molar-refractivity contribution < 1.29 is 14.2 Å². The molecule has 2 aliphatic heterocycles. The zero-order chi connectivity index (χ0) is 19.5. The molecule has 0 unspecified atom stereocenters. The molecule has 0 bridgehead atoms. The first-order valence-electron chi connectivity index (χ1n) is 9.04. The average Bonchev–Trinajstić information content (AvgIpc) is 2.72. The second-order valence-corrected chi connectivity index (χ2v) is 6.95. The maximum absolute atomic E-state index is 13.3. The summed E-state index contributed by atoms with van der Waals surface area (Å²) in [4.78, 5) is 8.40. The van der Waals surface area contributed by atoms with Gasteiger partial charge in [-0.1, -0.05) is 0 Å². The molecule has 0 atom stereocenters. The van der Waals surface area contributed by atoms with E-state index in [2.05, 4.69) is 25.3 Å². The minimum atomic E-state index is -0.435. The Kier molecular flexibility index (Phi) is 5.25. The maximum atomic E-state index is 13.3. The Morgan fingerprint density at radius 1 is 1.21 bits per heavy atom. The molecule has 146 valence electrons. The van der Waals surface area contributed by atoms with E-state index >= 15 is 0 Å². The van der Waals surface area contributed by atoms with Crippen molar-refractivity contribution in [3.05, 3.63) is 48.0 Å². The van der Waals surface area contributed by atoms with E-state index in [-0.39, 0.29) is 5.75 Å². The number of aromatic hydroxyl groups is 1. The van der Waals surface area contributed by atoms with Crippen LogP contribution in [-0.2, 0) is 0 Å². The summed E-state index contributed by atoms with van der Waals surface area (Å²) in [7, 11) is 0. The number of aromatic nitrogens is 1. The number of fused-ring (bicyclic) bond motifs is 1. The number of ether oxygens (including phenoxy) is 1. The van der Waals surface area contributed by atoms with Crippen molar-refractivity contribution in [1.82, 2.24) is 15.3 Å². The molecule has 1 aromatic carbocycles. The van der Waals surface area contributed by atoms with E-state index in [1.807, 2.05) is 12.1 Å². The molecular weight excluding hydrogens is 381 g/mol. The Labute approximate surface area is 167 Å². The summed E-state index contributed by atoms with van der Waals surface area (Å²) >= 11 is 5.48. The fourth-order valence-electron chi connectivity index (χ4n) is 3.25. The predicted octanol–water partition coefficient (Wildman–Crippen LogP) is 2.11. The number of halogens is 1. The smallest absolute Gasteiger partial charge is 0.189 e. The summed E-state index contributed by atoms with van der Waals surface area (Å²) < 4.78 is 18.8. The van der Waals surface area contributed by atoms with Crippen LogP contribution in [0.15, 0.2) is 41.6 Å². The van der Waals surface area contributed by atoms with Crippen LogP contribution in [0.3, 0.4) is 0 Å². The molecule has 0 aliphatic carbocycles. The average molecular weight is 401 g/mol. The fraction of sp³-hybridized carbons (Fsp3) is 0.316. The molecule has 0 amide bonds. The van der Waals surface area contributed by atoms with E-state index in [0.717, 1.165) is 38.1 Å². The second kappa shape index (κ2) is 7.97. The van der Waals surface area contributed by atoms with Crippen molar-refractivity contribution in [2.45, 2.75) is 6.42 Å². The lowest BCUT2D eigenvalue weighted by Gasteiger charge is -2.37. The van der Waals surface area contributed by atoms with Crippen molar-refractivity contribution in [3.8, 4) is 11.5 Å². The molecule has 28 heavy (non-hydrogen) atoms. The van der Waals surface area contributed by atoms with Gasteiger partial charge in [0, 0.05) is 44.4 Å². The minimum Gasteiger partial charge on any atom is -0.508 e. The first kappa shape index (κ1) is 18.4. The van der Waals surface area contributed by atoms with Gasteiger partial charge in [0.1, 0.15) is 23.0 Å². The predicted molar refractivity (Wildman–Crippen MR) is 108 cm³/mol. The number of thiocarbonyl (C=S) groups is 1. The molecular formula is C19H20FN5O2S. The van der Waals surface area contributed by atoms with Gasteiger partial charge < -0.3 is 19.6 Å². The molecule has 0 spiro atoms. The van der Waals surface area contributed by atoms with Gasteiger partial charge in [-0.05, 0) is 36.5 Å². The van der Waals surface area contributed by atoms with Gasteiger partial charge in [0.05, 0.1) is 18.5 Å². The Balaban J connectivity index is 1.35. The third kappa shape index (κ3) is 3.99. The lowest BCUT2D eigenvalue weighted by Crippen LogP contribution is -2.51. The fourth-order valence-corrected chi connectivity index (χ4v) is 3.48. The van der Waals surface area contributed by atoms with Crippen molar-refractivity contribution in [2.75, 3.05) is 37.7 Å². The Morgan fingerprint density at radius 3 is 2.71 bits per heavy atom. The molecule has 0 radical (unpaired) electrons. The molecule has 4 rings (SSSR count). The van der Waals surface area contributed by atoms with Crippen molar-refractivity contribution in [3.63, 3.8) is 0 Å². The van der Waals surface area contributed by atoms with Crippen molar-refractivity contribution in [2.24, 2.45) is 5.10 Å². The number of hydrogen-bond donors (Lipinski definition) is 2. The molecule has 1 fully saturated rings. The third-order valence-electron chi connectivity index (χ3n) is 4.76. The first-order valence-corrected chi connectivity index (χ1v) is 9.45. The zero-order valence-electron chi connectivity index (χ0n) is 15.1. The molecule has 0 saturated carbocycles. The van der Waals surface area contributed by atoms with E-state index in [1.54, 1.807) is 12.1 Å². The molecule has 3 heterocycles. The minimum absolute atomic E-state index is 0.263. The lowest BCUT2D eigenvalue weighted by atomic mass is 10.1. The van der Waals surface area contributed by atoms with Crippen LogP contribution in [0.1, 0.15) is 12.1 Å². The van der Waals surface area contributed by atoms with Crippen LogP contribution in [0.4, 0.5) is 10.1 Å². The van der Waals surface area contributed by atoms with Gasteiger partial charge in [-0.2, -0.15) is 5.10 Å². The topological polar surface area (TPSA) is 73.2 Å². The number of rotatable bonds is 2.